The highest BCUT2D eigenvalue weighted by molar-refractivity contribution is 4.83. The topological polar surface area (TPSA) is 6.48 Å². The van der Waals surface area contributed by atoms with Crippen molar-refractivity contribution in [2.75, 3.05) is 39.9 Å². The molecule has 3 atom stereocenters. The number of piperazine rings is 1. The molecule has 132 valence electrons. The van der Waals surface area contributed by atoms with Crippen LogP contribution in [0.5, 0.6) is 0 Å². The summed E-state index contributed by atoms with van der Waals surface area (Å²) < 4.78 is 12.8. The second-order valence-corrected chi connectivity index (χ2v) is 8.37. The van der Waals surface area contributed by atoms with Crippen LogP contribution in [0.25, 0.3) is 0 Å². The Morgan fingerprint density at radius 3 is 2.27 bits per heavy atom. The maximum absolute atomic E-state index is 12.8. The highest BCUT2D eigenvalue weighted by Gasteiger charge is 2.28. The second-order valence-electron chi connectivity index (χ2n) is 8.37. The van der Waals surface area contributed by atoms with E-state index in [1.807, 2.05) is 0 Å². The van der Waals surface area contributed by atoms with Gasteiger partial charge in [-0.15, -0.1) is 0 Å². The predicted molar refractivity (Wildman–Crippen MR) is 95.0 cm³/mol. The first-order valence-corrected chi connectivity index (χ1v) is 9.32. The van der Waals surface area contributed by atoms with Crippen LogP contribution in [-0.4, -0.2) is 55.7 Å². The quantitative estimate of drug-likeness (QED) is 0.626. The van der Waals surface area contributed by atoms with Gasteiger partial charge in [-0.05, 0) is 50.0 Å². The first-order chi connectivity index (χ1) is 10.3. The van der Waals surface area contributed by atoms with Crippen molar-refractivity contribution in [1.82, 2.24) is 9.80 Å². The zero-order valence-electron chi connectivity index (χ0n) is 15.8. The Morgan fingerprint density at radius 1 is 1.05 bits per heavy atom. The minimum atomic E-state index is -0.172. The number of alkyl halides is 1. The van der Waals surface area contributed by atoms with E-state index in [1.54, 1.807) is 0 Å². The molecular formula is C19H39FN2. The maximum atomic E-state index is 12.8. The van der Waals surface area contributed by atoms with Crippen molar-refractivity contribution in [3.63, 3.8) is 0 Å². The molecule has 0 bridgehead atoms. The van der Waals surface area contributed by atoms with E-state index < -0.39 is 0 Å². The zero-order valence-corrected chi connectivity index (χ0v) is 15.8. The molecule has 1 fully saturated rings. The van der Waals surface area contributed by atoms with Gasteiger partial charge in [-0.3, -0.25) is 4.39 Å². The van der Waals surface area contributed by atoms with Crippen LogP contribution < -0.4 is 0 Å². The summed E-state index contributed by atoms with van der Waals surface area (Å²) in [6, 6.07) is 0.685. The predicted octanol–water partition coefficient (Wildman–Crippen LogP) is 4.31. The average molecular weight is 315 g/mol. The summed E-state index contributed by atoms with van der Waals surface area (Å²) in [5, 5.41) is 0. The molecule has 0 aromatic heterocycles. The lowest BCUT2D eigenvalue weighted by molar-refractivity contribution is 0.0607. The van der Waals surface area contributed by atoms with Crippen molar-refractivity contribution >= 4 is 0 Å². The van der Waals surface area contributed by atoms with E-state index in [0.29, 0.717) is 23.8 Å². The standard InChI is InChI=1S/C19H39FN2/c1-15(2)11-18(17(5)7-8-20)13-22-10-9-21(6)19(14-22)12-16(3)4/h15-19H,7-14H2,1-6H3/t17-,18+,19+/m1/s1. The molecule has 0 N–H and O–H groups in total. The Hall–Kier alpha value is -0.150. The Morgan fingerprint density at radius 2 is 1.73 bits per heavy atom. The Kier molecular flexibility index (Phi) is 8.93. The van der Waals surface area contributed by atoms with Gasteiger partial charge in [-0.25, -0.2) is 0 Å². The summed E-state index contributed by atoms with van der Waals surface area (Å²) in [6.45, 7) is 16.0. The van der Waals surface area contributed by atoms with Gasteiger partial charge in [0.15, 0.2) is 0 Å². The van der Waals surface area contributed by atoms with Crippen molar-refractivity contribution < 1.29 is 4.39 Å². The van der Waals surface area contributed by atoms with Crippen LogP contribution in [0.2, 0.25) is 0 Å². The molecule has 1 aliphatic heterocycles. The molecule has 3 heteroatoms. The first kappa shape index (κ1) is 19.9. The summed E-state index contributed by atoms with van der Waals surface area (Å²) in [5.41, 5.74) is 0. The molecule has 1 saturated heterocycles. The lowest BCUT2D eigenvalue weighted by atomic mass is 9.84. The molecule has 1 rings (SSSR count). The number of hydrogen-bond donors (Lipinski definition) is 0. The number of nitrogens with zero attached hydrogens (tertiary/aromatic N) is 2. The van der Waals surface area contributed by atoms with Crippen LogP contribution in [0, 0.1) is 23.7 Å². The minimum Gasteiger partial charge on any atom is -0.301 e. The molecule has 0 amide bonds. The molecule has 0 saturated carbocycles. The normalized spacial score (nSPS) is 24.1. The Labute approximate surface area is 138 Å². The molecular weight excluding hydrogens is 275 g/mol. The van der Waals surface area contributed by atoms with Crippen molar-refractivity contribution in [2.45, 2.75) is 59.9 Å². The smallest absolute Gasteiger partial charge is 0.0897 e. The van der Waals surface area contributed by atoms with Crippen LogP contribution in [0.1, 0.15) is 53.9 Å². The van der Waals surface area contributed by atoms with Crippen molar-refractivity contribution in [3.8, 4) is 0 Å². The minimum absolute atomic E-state index is 0.172. The maximum Gasteiger partial charge on any atom is 0.0897 e. The molecule has 0 aromatic rings. The number of halogens is 1. The lowest BCUT2D eigenvalue weighted by Gasteiger charge is -2.42. The van der Waals surface area contributed by atoms with Crippen LogP contribution in [0.3, 0.4) is 0 Å². The van der Waals surface area contributed by atoms with E-state index in [0.717, 1.165) is 18.9 Å². The summed E-state index contributed by atoms with van der Waals surface area (Å²) in [4.78, 5) is 5.17. The van der Waals surface area contributed by atoms with E-state index in [9.17, 15) is 4.39 Å². The molecule has 0 radical (unpaired) electrons. The van der Waals surface area contributed by atoms with Gasteiger partial charge in [0.25, 0.3) is 0 Å². The lowest BCUT2D eigenvalue weighted by Crippen LogP contribution is -2.53. The zero-order chi connectivity index (χ0) is 16.7. The van der Waals surface area contributed by atoms with Crippen LogP contribution in [0.15, 0.2) is 0 Å². The SMILES string of the molecule is CC(C)C[C@@H](CN1CCN(C)[C@@H](CC(C)C)C1)[C@H](C)CCF. The summed E-state index contributed by atoms with van der Waals surface area (Å²) in [6.07, 6.45) is 3.23. The van der Waals surface area contributed by atoms with E-state index in [1.165, 1.54) is 32.5 Å². The fourth-order valence-corrected chi connectivity index (χ4v) is 3.81. The molecule has 0 unspecified atom stereocenters. The highest BCUT2D eigenvalue weighted by Crippen LogP contribution is 2.26. The highest BCUT2D eigenvalue weighted by atomic mass is 19.1. The van der Waals surface area contributed by atoms with Crippen molar-refractivity contribution in [2.24, 2.45) is 23.7 Å². The van der Waals surface area contributed by atoms with Gasteiger partial charge in [0.1, 0.15) is 0 Å². The van der Waals surface area contributed by atoms with Gasteiger partial charge in [-0.1, -0.05) is 34.6 Å². The third kappa shape index (κ3) is 6.95. The molecule has 22 heavy (non-hydrogen) atoms. The molecule has 0 aromatic carbocycles. The van der Waals surface area contributed by atoms with E-state index in [-0.39, 0.29) is 6.67 Å². The Bertz CT molecular complexity index is 293. The van der Waals surface area contributed by atoms with Gasteiger partial charge in [0, 0.05) is 32.2 Å². The summed E-state index contributed by atoms with van der Waals surface area (Å²) in [5.74, 6) is 2.59. The third-order valence-electron chi connectivity index (χ3n) is 5.24. The molecule has 2 nitrogen and oxygen atoms in total. The molecule has 1 aliphatic rings. The van der Waals surface area contributed by atoms with E-state index in [2.05, 4.69) is 51.5 Å². The van der Waals surface area contributed by atoms with Gasteiger partial charge in [0.2, 0.25) is 0 Å². The van der Waals surface area contributed by atoms with E-state index in [4.69, 9.17) is 0 Å². The van der Waals surface area contributed by atoms with Crippen molar-refractivity contribution in [1.29, 1.82) is 0 Å². The fraction of sp³-hybridized carbons (Fsp3) is 1.00. The molecule has 0 aliphatic carbocycles. The first-order valence-electron chi connectivity index (χ1n) is 9.32. The van der Waals surface area contributed by atoms with Gasteiger partial charge in [-0.2, -0.15) is 0 Å². The number of likely N-dealkylation sites (N-methyl/N-ethyl adjacent to an activating group) is 1. The second kappa shape index (κ2) is 9.87. The van der Waals surface area contributed by atoms with Gasteiger partial charge in [0.05, 0.1) is 6.67 Å². The van der Waals surface area contributed by atoms with Gasteiger partial charge < -0.3 is 9.80 Å². The summed E-state index contributed by atoms with van der Waals surface area (Å²) in [7, 11) is 2.27. The molecule has 1 heterocycles. The van der Waals surface area contributed by atoms with Gasteiger partial charge >= 0.3 is 0 Å². The monoisotopic (exact) mass is 314 g/mol. The number of hydrogen-bond acceptors (Lipinski definition) is 2. The third-order valence-corrected chi connectivity index (χ3v) is 5.24. The number of rotatable bonds is 9. The average Bonchev–Trinajstić information content (AvgIpc) is 2.41. The van der Waals surface area contributed by atoms with Crippen LogP contribution in [-0.2, 0) is 0 Å². The fourth-order valence-electron chi connectivity index (χ4n) is 3.81. The van der Waals surface area contributed by atoms with Crippen LogP contribution >= 0.6 is 0 Å². The largest absolute Gasteiger partial charge is 0.301 e. The Balaban J connectivity index is 2.59. The van der Waals surface area contributed by atoms with E-state index >= 15 is 0 Å². The molecule has 0 spiro atoms. The van der Waals surface area contributed by atoms with Crippen molar-refractivity contribution in [3.05, 3.63) is 0 Å². The summed E-state index contributed by atoms with van der Waals surface area (Å²) >= 11 is 0. The van der Waals surface area contributed by atoms with Crippen LogP contribution in [0.4, 0.5) is 4.39 Å².